The van der Waals surface area contributed by atoms with Gasteiger partial charge in [-0.25, -0.2) is 0 Å². The van der Waals surface area contributed by atoms with Crippen LogP contribution in [0, 0.1) is 12.8 Å². The average Bonchev–Trinajstić information content (AvgIpc) is 2.96. The van der Waals surface area contributed by atoms with E-state index < -0.39 is 0 Å². The number of nitrogens with one attached hydrogen (secondary N) is 1. The van der Waals surface area contributed by atoms with Gasteiger partial charge in [0, 0.05) is 17.6 Å². The van der Waals surface area contributed by atoms with E-state index in [0.29, 0.717) is 0 Å². The van der Waals surface area contributed by atoms with Crippen molar-refractivity contribution in [3.8, 4) is 0 Å². The van der Waals surface area contributed by atoms with Crippen molar-refractivity contribution >= 4 is 10.9 Å². The third kappa shape index (κ3) is 3.18. The first-order valence-corrected chi connectivity index (χ1v) is 7.89. The fourth-order valence-corrected chi connectivity index (χ4v) is 3.37. The lowest BCUT2D eigenvalue weighted by atomic mass is 10.0. The summed E-state index contributed by atoms with van der Waals surface area (Å²) in [5.74, 6) is 0.971. The summed E-state index contributed by atoms with van der Waals surface area (Å²) < 4.78 is 0. The van der Waals surface area contributed by atoms with Gasteiger partial charge in [-0.15, -0.1) is 0 Å². The van der Waals surface area contributed by atoms with Crippen LogP contribution in [-0.2, 0) is 6.54 Å². The number of nitrogens with zero attached hydrogens (tertiary/aromatic N) is 1. The highest BCUT2D eigenvalue weighted by molar-refractivity contribution is 5.82. The smallest absolute Gasteiger partial charge is 0.0708 e. The molecule has 2 aromatic rings. The molecule has 20 heavy (non-hydrogen) atoms. The van der Waals surface area contributed by atoms with Crippen LogP contribution in [0.2, 0.25) is 0 Å². The van der Waals surface area contributed by atoms with Crippen LogP contribution >= 0.6 is 0 Å². The van der Waals surface area contributed by atoms with Crippen LogP contribution in [0.3, 0.4) is 0 Å². The van der Waals surface area contributed by atoms with Gasteiger partial charge in [0.05, 0.1) is 5.52 Å². The van der Waals surface area contributed by atoms with Crippen LogP contribution in [0.25, 0.3) is 10.9 Å². The molecular formula is C18H24N2. The number of pyridine rings is 1. The molecule has 1 aromatic carbocycles. The van der Waals surface area contributed by atoms with Crippen LogP contribution in [0.15, 0.2) is 30.3 Å². The summed E-state index contributed by atoms with van der Waals surface area (Å²) in [5.41, 5.74) is 3.59. The number of aromatic nitrogens is 1. The monoisotopic (exact) mass is 268 g/mol. The van der Waals surface area contributed by atoms with Gasteiger partial charge < -0.3 is 5.32 Å². The fourth-order valence-electron chi connectivity index (χ4n) is 3.37. The van der Waals surface area contributed by atoms with Crippen molar-refractivity contribution in [2.24, 2.45) is 5.92 Å². The molecule has 0 unspecified atom stereocenters. The summed E-state index contributed by atoms with van der Waals surface area (Å²) in [7, 11) is 0. The highest BCUT2D eigenvalue weighted by atomic mass is 14.8. The molecule has 0 bridgehead atoms. The molecule has 0 radical (unpaired) electrons. The largest absolute Gasteiger partial charge is 0.313 e. The summed E-state index contributed by atoms with van der Waals surface area (Å²) >= 11 is 0. The van der Waals surface area contributed by atoms with Gasteiger partial charge in [-0.2, -0.15) is 0 Å². The molecule has 1 N–H and O–H groups in total. The van der Waals surface area contributed by atoms with Crippen molar-refractivity contribution in [2.75, 3.05) is 6.54 Å². The second-order valence-corrected chi connectivity index (χ2v) is 6.06. The average molecular weight is 268 g/mol. The predicted molar refractivity (Wildman–Crippen MR) is 84.8 cm³/mol. The van der Waals surface area contributed by atoms with Crippen molar-refractivity contribution < 1.29 is 0 Å². The number of benzene rings is 1. The summed E-state index contributed by atoms with van der Waals surface area (Å²) in [6, 6.07) is 10.7. The number of aryl methyl sites for hydroxylation is 1. The molecule has 0 atom stereocenters. The molecule has 3 rings (SSSR count). The molecule has 0 saturated heterocycles. The van der Waals surface area contributed by atoms with Gasteiger partial charge in [-0.3, -0.25) is 4.98 Å². The first-order chi connectivity index (χ1) is 9.83. The van der Waals surface area contributed by atoms with Gasteiger partial charge in [-0.1, -0.05) is 43.9 Å². The topological polar surface area (TPSA) is 24.9 Å². The SMILES string of the molecule is Cc1cc(CNCCC2CCCC2)c2ccccc2n1. The van der Waals surface area contributed by atoms with Gasteiger partial charge in [-0.05, 0) is 43.5 Å². The van der Waals surface area contributed by atoms with Crippen LogP contribution in [0.4, 0.5) is 0 Å². The minimum absolute atomic E-state index is 0.955. The minimum atomic E-state index is 0.955. The Morgan fingerprint density at radius 2 is 2.00 bits per heavy atom. The molecule has 0 spiro atoms. The zero-order valence-corrected chi connectivity index (χ0v) is 12.4. The summed E-state index contributed by atoms with van der Waals surface area (Å²) in [6.45, 7) is 4.17. The molecule has 1 aromatic heterocycles. The molecule has 1 aliphatic carbocycles. The zero-order chi connectivity index (χ0) is 13.8. The standard InChI is InChI=1S/C18H24N2/c1-14-12-16(17-8-4-5-9-18(17)20-14)13-19-11-10-15-6-2-3-7-15/h4-5,8-9,12,15,19H,2-3,6-7,10-11,13H2,1H3. The van der Waals surface area contributed by atoms with Crippen molar-refractivity contribution in [3.63, 3.8) is 0 Å². The Hall–Kier alpha value is -1.41. The Balaban J connectivity index is 1.61. The van der Waals surface area contributed by atoms with Crippen molar-refractivity contribution in [2.45, 2.75) is 45.6 Å². The number of hydrogen-bond acceptors (Lipinski definition) is 2. The Bertz CT molecular complexity index is 571. The molecule has 1 saturated carbocycles. The number of para-hydroxylation sites is 1. The Kier molecular flexibility index (Phi) is 4.31. The van der Waals surface area contributed by atoms with E-state index in [1.54, 1.807) is 0 Å². The van der Waals surface area contributed by atoms with Crippen molar-refractivity contribution in [1.82, 2.24) is 10.3 Å². The van der Waals surface area contributed by atoms with Crippen LogP contribution in [0.1, 0.15) is 43.4 Å². The second-order valence-electron chi connectivity index (χ2n) is 6.06. The molecule has 0 amide bonds. The highest BCUT2D eigenvalue weighted by Crippen LogP contribution is 2.27. The van der Waals surface area contributed by atoms with E-state index >= 15 is 0 Å². The maximum Gasteiger partial charge on any atom is 0.0708 e. The maximum atomic E-state index is 4.60. The van der Waals surface area contributed by atoms with E-state index in [1.807, 2.05) is 0 Å². The molecule has 1 aliphatic rings. The van der Waals surface area contributed by atoms with Crippen LogP contribution in [-0.4, -0.2) is 11.5 Å². The second kappa shape index (κ2) is 6.36. The summed E-state index contributed by atoms with van der Waals surface area (Å²) in [4.78, 5) is 4.60. The van der Waals surface area contributed by atoms with Gasteiger partial charge in [0.1, 0.15) is 0 Å². The maximum absolute atomic E-state index is 4.60. The quantitative estimate of drug-likeness (QED) is 0.822. The van der Waals surface area contributed by atoms with Gasteiger partial charge in [0.25, 0.3) is 0 Å². The third-order valence-corrected chi connectivity index (χ3v) is 4.45. The number of rotatable bonds is 5. The van der Waals surface area contributed by atoms with Crippen LogP contribution < -0.4 is 5.32 Å². The van der Waals surface area contributed by atoms with E-state index in [1.165, 1.54) is 43.1 Å². The molecular weight excluding hydrogens is 244 g/mol. The summed E-state index contributed by atoms with van der Waals surface area (Å²) in [5, 5.41) is 4.90. The van der Waals surface area contributed by atoms with Gasteiger partial charge >= 0.3 is 0 Å². The molecule has 1 heterocycles. The normalized spacial score (nSPS) is 16.1. The minimum Gasteiger partial charge on any atom is -0.313 e. The van der Waals surface area contributed by atoms with E-state index in [0.717, 1.165) is 30.2 Å². The van der Waals surface area contributed by atoms with E-state index in [4.69, 9.17) is 0 Å². The highest BCUT2D eigenvalue weighted by Gasteiger charge is 2.14. The molecule has 2 heteroatoms. The Morgan fingerprint density at radius 1 is 1.20 bits per heavy atom. The van der Waals surface area contributed by atoms with E-state index in [-0.39, 0.29) is 0 Å². The van der Waals surface area contributed by atoms with E-state index in [2.05, 4.69) is 47.6 Å². The predicted octanol–water partition coefficient (Wildman–Crippen LogP) is 4.21. The zero-order valence-electron chi connectivity index (χ0n) is 12.4. The van der Waals surface area contributed by atoms with E-state index in [9.17, 15) is 0 Å². The fraction of sp³-hybridized carbons (Fsp3) is 0.500. The van der Waals surface area contributed by atoms with Crippen molar-refractivity contribution in [1.29, 1.82) is 0 Å². The molecule has 1 fully saturated rings. The van der Waals surface area contributed by atoms with Crippen molar-refractivity contribution in [3.05, 3.63) is 41.6 Å². The number of fused-ring (bicyclic) bond motifs is 1. The lowest BCUT2D eigenvalue weighted by Crippen LogP contribution is -2.17. The molecule has 2 nitrogen and oxygen atoms in total. The lowest BCUT2D eigenvalue weighted by Gasteiger charge is -2.11. The third-order valence-electron chi connectivity index (χ3n) is 4.45. The first-order valence-electron chi connectivity index (χ1n) is 7.89. The first kappa shape index (κ1) is 13.6. The molecule has 0 aliphatic heterocycles. The van der Waals surface area contributed by atoms with Crippen LogP contribution in [0.5, 0.6) is 0 Å². The molecule has 106 valence electrons. The Morgan fingerprint density at radius 3 is 2.85 bits per heavy atom. The lowest BCUT2D eigenvalue weighted by molar-refractivity contribution is 0.477. The Labute approximate surface area is 121 Å². The number of hydrogen-bond donors (Lipinski definition) is 1. The van der Waals surface area contributed by atoms with Gasteiger partial charge in [0.15, 0.2) is 0 Å². The summed E-state index contributed by atoms with van der Waals surface area (Å²) in [6.07, 6.45) is 7.11. The van der Waals surface area contributed by atoms with Gasteiger partial charge in [0.2, 0.25) is 0 Å².